The summed E-state index contributed by atoms with van der Waals surface area (Å²) in [6.07, 6.45) is 1.83. The van der Waals surface area contributed by atoms with Crippen LogP contribution < -0.4 is 10.6 Å². The minimum absolute atomic E-state index is 0.223. The van der Waals surface area contributed by atoms with Gasteiger partial charge in [0.2, 0.25) is 0 Å². The number of amides is 2. The smallest absolute Gasteiger partial charge is 0.319 e. The van der Waals surface area contributed by atoms with Crippen molar-refractivity contribution < 1.29 is 9.90 Å². The van der Waals surface area contributed by atoms with E-state index in [4.69, 9.17) is 0 Å². The van der Waals surface area contributed by atoms with E-state index in [1.807, 2.05) is 31.2 Å². The lowest BCUT2D eigenvalue weighted by molar-refractivity contribution is 0.160. The molecule has 0 saturated carbocycles. The van der Waals surface area contributed by atoms with E-state index in [0.29, 0.717) is 19.4 Å². The van der Waals surface area contributed by atoms with E-state index in [9.17, 15) is 9.90 Å². The van der Waals surface area contributed by atoms with Crippen molar-refractivity contribution in [2.75, 3.05) is 11.9 Å². The third-order valence-electron chi connectivity index (χ3n) is 2.88. The maximum atomic E-state index is 11.6. The van der Waals surface area contributed by atoms with Crippen molar-refractivity contribution in [1.29, 1.82) is 0 Å². The fourth-order valence-corrected chi connectivity index (χ4v) is 1.67. The zero-order valence-corrected chi connectivity index (χ0v) is 11.1. The van der Waals surface area contributed by atoms with E-state index in [2.05, 4.69) is 17.6 Å². The van der Waals surface area contributed by atoms with Crippen molar-refractivity contribution in [2.45, 2.75) is 39.2 Å². The molecule has 0 aliphatic carbocycles. The van der Waals surface area contributed by atoms with Crippen LogP contribution in [0.25, 0.3) is 0 Å². The zero-order valence-electron chi connectivity index (χ0n) is 11.1. The highest BCUT2D eigenvalue weighted by molar-refractivity contribution is 5.90. The summed E-state index contributed by atoms with van der Waals surface area (Å²) in [5.74, 6) is 0. The van der Waals surface area contributed by atoms with Crippen LogP contribution in [0.4, 0.5) is 10.5 Å². The van der Waals surface area contributed by atoms with E-state index in [1.54, 1.807) is 0 Å². The molecule has 3 N–H and O–H groups in total. The van der Waals surface area contributed by atoms with Gasteiger partial charge in [-0.05, 0) is 30.9 Å². The van der Waals surface area contributed by atoms with Crippen molar-refractivity contribution in [3.63, 3.8) is 0 Å². The second-order valence-corrected chi connectivity index (χ2v) is 4.24. The summed E-state index contributed by atoms with van der Waals surface area (Å²) in [6.45, 7) is 4.45. The molecule has 0 spiro atoms. The molecule has 1 rings (SSSR count). The summed E-state index contributed by atoms with van der Waals surface area (Å²) < 4.78 is 0. The number of urea groups is 1. The molecule has 1 aromatic carbocycles. The number of nitrogens with one attached hydrogen (secondary N) is 2. The Morgan fingerprint density at radius 3 is 2.72 bits per heavy atom. The van der Waals surface area contributed by atoms with Crippen LogP contribution in [0.1, 0.15) is 32.3 Å². The van der Waals surface area contributed by atoms with Crippen LogP contribution in [0.5, 0.6) is 0 Å². The molecule has 1 aromatic rings. The fourth-order valence-electron chi connectivity index (χ4n) is 1.67. The molecule has 0 aliphatic heterocycles. The Morgan fingerprint density at radius 1 is 1.33 bits per heavy atom. The van der Waals surface area contributed by atoms with Crippen molar-refractivity contribution >= 4 is 11.7 Å². The molecular formula is C14H22N2O2. The van der Waals surface area contributed by atoms with E-state index in [1.165, 1.54) is 0 Å². The molecule has 18 heavy (non-hydrogen) atoms. The second kappa shape index (κ2) is 7.71. The Morgan fingerprint density at radius 2 is 2.06 bits per heavy atom. The highest BCUT2D eigenvalue weighted by atomic mass is 16.3. The Balaban J connectivity index is 2.40. The van der Waals surface area contributed by atoms with Crippen molar-refractivity contribution in [3.05, 3.63) is 29.8 Å². The molecule has 4 nitrogen and oxygen atoms in total. The third-order valence-corrected chi connectivity index (χ3v) is 2.88. The summed E-state index contributed by atoms with van der Waals surface area (Å²) in [4.78, 5) is 11.6. The highest BCUT2D eigenvalue weighted by Crippen LogP contribution is 2.14. The minimum atomic E-state index is -0.340. The van der Waals surface area contributed by atoms with Gasteiger partial charge >= 0.3 is 6.03 Å². The van der Waals surface area contributed by atoms with E-state index in [0.717, 1.165) is 17.7 Å². The lowest BCUT2D eigenvalue weighted by Gasteiger charge is -2.12. The first-order valence-corrected chi connectivity index (χ1v) is 6.48. The molecule has 0 bridgehead atoms. The molecule has 0 fully saturated rings. The van der Waals surface area contributed by atoms with Crippen LogP contribution in [0.3, 0.4) is 0 Å². The number of aryl methyl sites for hydroxylation is 1. The molecule has 0 heterocycles. The molecule has 0 aromatic heterocycles. The molecule has 0 radical (unpaired) electrons. The van der Waals surface area contributed by atoms with Gasteiger partial charge in [0.05, 0.1) is 6.10 Å². The maximum Gasteiger partial charge on any atom is 0.319 e. The third kappa shape index (κ3) is 4.75. The summed E-state index contributed by atoms with van der Waals surface area (Å²) in [6, 6.07) is 7.52. The molecule has 100 valence electrons. The summed E-state index contributed by atoms with van der Waals surface area (Å²) >= 11 is 0. The quantitative estimate of drug-likeness (QED) is 0.726. The first-order chi connectivity index (χ1) is 8.67. The van der Waals surface area contributed by atoms with Gasteiger partial charge in [0.1, 0.15) is 0 Å². The van der Waals surface area contributed by atoms with E-state index < -0.39 is 0 Å². The number of rotatable bonds is 6. The largest absolute Gasteiger partial charge is 0.393 e. The average Bonchev–Trinajstić information content (AvgIpc) is 2.39. The monoisotopic (exact) mass is 250 g/mol. The maximum absolute atomic E-state index is 11.6. The van der Waals surface area contributed by atoms with E-state index in [-0.39, 0.29) is 12.1 Å². The number of para-hydroxylation sites is 1. The molecule has 0 saturated heterocycles. The van der Waals surface area contributed by atoms with Crippen LogP contribution in [-0.4, -0.2) is 23.8 Å². The van der Waals surface area contributed by atoms with Crippen LogP contribution in [0.2, 0.25) is 0 Å². The number of hydrogen-bond acceptors (Lipinski definition) is 2. The van der Waals surface area contributed by atoms with Gasteiger partial charge in [-0.1, -0.05) is 32.0 Å². The Hall–Kier alpha value is -1.55. The van der Waals surface area contributed by atoms with Gasteiger partial charge in [0.15, 0.2) is 0 Å². The number of benzene rings is 1. The van der Waals surface area contributed by atoms with Crippen LogP contribution in [-0.2, 0) is 6.42 Å². The first-order valence-electron chi connectivity index (χ1n) is 6.48. The highest BCUT2D eigenvalue weighted by Gasteiger charge is 2.05. The Labute approximate surface area is 108 Å². The number of anilines is 1. The normalized spacial score (nSPS) is 11.9. The molecule has 2 amide bonds. The first kappa shape index (κ1) is 14.5. The van der Waals surface area contributed by atoms with Gasteiger partial charge in [-0.2, -0.15) is 0 Å². The zero-order chi connectivity index (χ0) is 13.4. The van der Waals surface area contributed by atoms with Gasteiger partial charge in [0, 0.05) is 12.2 Å². The number of carbonyl (C=O) groups is 1. The summed E-state index contributed by atoms with van der Waals surface area (Å²) in [5, 5.41) is 14.9. The van der Waals surface area contributed by atoms with Crippen LogP contribution in [0.15, 0.2) is 24.3 Å². The number of hydrogen-bond donors (Lipinski definition) is 3. The van der Waals surface area contributed by atoms with Gasteiger partial charge < -0.3 is 15.7 Å². The molecule has 1 unspecified atom stereocenters. The van der Waals surface area contributed by atoms with Crippen LogP contribution in [0, 0.1) is 0 Å². The van der Waals surface area contributed by atoms with Crippen molar-refractivity contribution in [3.8, 4) is 0 Å². The number of carbonyl (C=O) groups excluding carboxylic acids is 1. The second-order valence-electron chi connectivity index (χ2n) is 4.24. The molecule has 0 aliphatic rings. The average molecular weight is 250 g/mol. The van der Waals surface area contributed by atoms with Crippen molar-refractivity contribution in [2.24, 2.45) is 0 Å². The van der Waals surface area contributed by atoms with E-state index >= 15 is 0 Å². The molecule has 4 heteroatoms. The predicted molar refractivity (Wildman–Crippen MR) is 73.8 cm³/mol. The predicted octanol–water partition coefficient (Wildman–Crippen LogP) is 2.53. The van der Waals surface area contributed by atoms with Gasteiger partial charge in [-0.25, -0.2) is 4.79 Å². The summed E-state index contributed by atoms with van der Waals surface area (Å²) in [7, 11) is 0. The number of aliphatic hydroxyl groups excluding tert-OH is 1. The Bertz CT molecular complexity index is 380. The van der Waals surface area contributed by atoms with Gasteiger partial charge in [-0.15, -0.1) is 0 Å². The topological polar surface area (TPSA) is 61.4 Å². The van der Waals surface area contributed by atoms with Crippen LogP contribution >= 0.6 is 0 Å². The summed E-state index contributed by atoms with van der Waals surface area (Å²) in [5.41, 5.74) is 1.95. The lowest BCUT2D eigenvalue weighted by atomic mass is 10.1. The SMILES string of the molecule is CCc1ccccc1NC(=O)NCCC(O)CC. The molecule has 1 atom stereocenters. The lowest BCUT2D eigenvalue weighted by Crippen LogP contribution is -2.31. The van der Waals surface area contributed by atoms with Crippen molar-refractivity contribution in [1.82, 2.24) is 5.32 Å². The number of aliphatic hydroxyl groups is 1. The Kier molecular flexibility index (Phi) is 6.22. The van der Waals surface area contributed by atoms with Gasteiger partial charge in [0.25, 0.3) is 0 Å². The minimum Gasteiger partial charge on any atom is -0.393 e. The fraction of sp³-hybridized carbons (Fsp3) is 0.500. The standard InChI is InChI=1S/C14H22N2O2/c1-3-11-7-5-6-8-13(11)16-14(18)15-10-9-12(17)4-2/h5-8,12,17H,3-4,9-10H2,1-2H3,(H2,15,16,18). The van der Waals surface area contributed by atoms with Gasteiger partial charge in [-0.3, -0.25) is 0 Å². The molecular weight excluding hydrogens is 228 g/mol.